The number of likely N-dealkylation sites (tertiary alicyclic amines) is 1. The number of imide groups is 1. The lowest BCUT2D eigenvalue weighted by Crippen LogP contribution is -2.38. The summed E-state index contributed by atoms with van der Waals surface area (Å²) in [5.41, 5.74) is 0. The second-order valence-electron chi connectivity index (χ2n) is 7.97. The molecule has 0 aromatic rings. The Balaban J connectivity index is 1.53. The van der Waals surface area contributed by atoms with Crippen LogP contribution in [0.2, 0.25) is 0 Å². The van der Waals surface area contributed by atoms with Crippen LogP contribution in [0.3, 0.4) is 0 Å². The lowest BCUT2D eigenvalue weighted by Gasteiger charge is -2.30. The van der Waals surface area contributed by atoms with Gasteiger partial charge < -0.3 is 19.3 Å². The molecular weight excluding hydrogens is 447 g/mol. The van der Waals surface area contributed by atoms with E-state index in [4.69, 9.17) is 20.9 Å². The Labute approximate surface area is 189 Å². The van der Waals surface area contributed by atoms with Crippen LogP contribution in [0.4, 0.5) is 0 Å². The van der Waals surface area contributed by atoms with E-state index in [9.17, 15) is 19.3 Å². The maximum atomic E-state index is 12.4. The number of amides is 3. The summed E-state index contributed by atoms with van der Waals surface area (Å²) in [5.74, 6) is 0.0688. The van der Waals surface area contributed by atoms with Gasteiger partial charge in [-0.25, -0.2) is 0 Å². The number of rotatable bonds is 12. The molecule has 1 saturated carbocycles. The van der Waals surface area contributed by atoms with Crippen LogP contribution >= 0.6 is 19.3 Å². The van der Waals surface area contributed by atoms with Gasteiger partial charge >= 0.3 is 6.72 Å². The van der Waals surface area contributed by atoms with Crippen molar-refractivity contribution in [2.45, 2.75) is 63.0 Å². The van der Waals surface area contributed by atoms with Crippen molar-refractivity contribution in [1.82, 2.24) is 10.2 Å². The van der Waals surface area contributed by atoms with Crippen LogP contribution in [0.15, 0.2) is 0 Å². The van der Waals surface area contributed by atoms with Crippen molar-refractivity contribution >= 4 is 48.9 Å². The van der Waals surface area contributed by atoms with E-state index in [0.717, 1.165) is 51.4 Å². The number of thiol groups is 1. The smallest absolute Gasteiger partial charge is 0.324 e. The Kier molecular flexibility index (Phi) is 10.7. The van der Waals surface area contributed by atoms with Gasteiger partial charge in [0.2, 0.25) is 17.7 Å². The molecule has 2 atom stereocenters. The Bertz CT molecular complexity index is 657. The van der Waals surface area contributed by atoms with Gasteiger partial charge in [0.15, 0.2) is 0 Å². The van der Waals surface area contributed by atoms with Crippen molar-refractivity contribution < 1.29 is 28.3 Å². The molecule has 0 spiro atoms. The number of hydrogen-bond acceptors (Lipinski definition) is 7. The van der Waals surface area contributed by atoms with E-state index in [0.29, 0.717) is 19.7 Å². The molecule has 0 aromatic carbocycles. The van der Waals surface area contributed by atoms with Crippen LogP contribution in [0.1, 0.15) is 57.8 Å². The van der Waals surface area contributed by atoms with E-state index in [1.165, 1.54) is 12.0 Å². The third kappa shape index (κ3) is 8.20. The van der Waals surface area contributed by atoms with Gasteiger partial charge in [0.25, 0.3) is 0 Å². The third-order valence-corrected chi connectivity index (χ3v) is 7.87. The molecule has 1 saturated heterocycles. The minimum absolute atomic E-state index is 0.0139. The van der Waals surface area contributed by atoms with Crippen LogP contribution in [0.25, 0.3) is 0 Å². The van der Waals surface area contributed by atoms with E-state index in [1.54, 1.807) is 0 Å². The molecule has 8 nitrogen and oxygen atoms in total. The molecule has 1 aliphatic carbocycles. The van der Waals surface area contributed by atoms with Crippen molar-refractivity contribution in [3.8, 4) is 0 Å². The normalized spacial score (nSPS) is 26.6. The largest absolute Gasteiger partial charge is 0.356 e. The summed E-state index contributed by atoms with van der Waals surface area (Å²) in [6, 6.07) is 0. The number of carbonyl (C=O) groups excluding carboxylic acids is 3. The highest BCUT2D eigenvalue weighted by molar-refractivity contribution is 8.07. The minimum atomic E-state index is -3.05. The lowest BCUT2D eigenvalue weighted by molar-refractivity contribution is -0.139. The van der Waals surface area contributed by atoms with Gasteiger partial charge in [0, 0.05) is 32.5 Å². The first-order chi connectivity index (χ1) is 14.2. The molecule has 0 bridgehead atoms. The van der Waals surface area contributed by atoms with E-state index < -0.39 is 12.0 Å². The monoisotopic (exact) mass is 480 g/mol. The maximum absolute atomic E-state index is 12.4. The number of carbonyl (C=O) groups is 3. The Hall–Kier alpha value is -0.510. The predicted octanol–water partition coefficient (Wildman–Crippen LogP) is 2.41. The molecule has 2 rings (SSSR count). The third-order valence-electron chi connectivity index (χ3n) is 5.73. The van der Waals surface area contributed by atoms with Crippen molar-refractivity contribution in [3.05, 3.63) is 0 Å². The average molecular weight is 481 g/mol. The molecule has 0 radical (unpaired) electrons. The molecule has 172 valence electrons. The zero-order valence-electron chi connectivity index (χ0n) is 17.5. The van der Waals surface area contributed by atoms with Gasteiger partial charge in [-0.2, -0.15) is 12.6 Å². The molecule has 2 aliphatic rings. The SMILES string of the molecule is COP(O)(=S)OCCCCCCNC(=O)C1CCC(CN2C(=O)CC(S)C2=O)CC1. The highest BCUT2D eigenvalue weighted by Gasteiger charge is 2.38. The second-order valence-corrected chi connectivity index (χ2v) is 11.5. The molecule has 2 fully saturated rings. The van der Waals surface area contributed by atoms with Crippen molar-refractivity contribution in [2.75, 3.05) is 26.8 Å². The summed E-state index contributed by atoms with van der Waals surface area (Å²) < 4.78 is 9.81. The standard InChI is InChI=1S/C19H33N2O6PS2/c1-26-28(25,30)27-11-5-3-2-4-10-20-18(23)15-8-6-14(7-9-15)13-21-17(22)12-16(29)19(21)24/h14-16,29H,2-13H2,1H3,(H,20,23)(H,25,30). The molecular formula is C19H33N2O6PS2. The van der Waals surface area contributed by atoms with Gasteiger partial charge in [-0.05, 0) is 56.2 Å². The number of nitrogens with zero attached hydrogens (tertiary/aromatic N) is 1. The molecule has 11 heteroatoms. The van der Waals surface area contributed by atoms with Crippen LogP contribution in [-0.2, 0) is 35.2 Å². The average Bonchev–Trinajstić information content (AvgIpc) is 2.96. The second kappa shape index (κ2) is 12.5. The fraction of sp³-hybridized carbons (Fsp3) is 0.842. The highest BCUT2D eigenvalue weighted by atomic mass is 32.5. The Morgan fingerprint density at radius 1 is 1.23 bits per heavy atom. The molecule has 2 unspecified atom stereocenters. The van der Waals surface area contributed by atoms with Gasteiger partial charge in [0.1, 0.15) is 0 Å². The van der Waals surface area contributed by atoms with Crippen LogP contribution in [0, 0.1) is 11.8 Å². The predicted molar refractivity (Wildman–Crippen MR) is 121 cm³/mol. The lowest BCUT2D eigenvalue weighted by atomic mass is 9.81. The summed E-state index contributed by atoms with van der Waals surface area (Å²) in [6.45, 7) is -1.56. The van der Waals surface area contributed by atoms with E-state index >= 15 is 0 Å². The minimum Gasteiger partial charge on any atom is -0.356 e. The van der Waals surface area contributed by atoms with Crippen molar-refractivity contribution in [1.29, 1.82) is 0 Å². The number of nitrogens with one attached hydrogen (secondary N) is 1. The molecule has 30 heavy (non-hydrogen) atoms. The summed E-state index contributed by atoms with van der Waals surface area (Å²) >= 11 is 8.91. The van der Waals surface area contributed by atoms with Gasteiger partial charge in [-0.1, -0.05) is 12.8 Å². The van der Waals surface area contributed by atoms with Crippen LogP contribution in [0.5, 0.6) is 0 Å². The van der Waals surface area contributed by atoms with Crippen LogP contribution in [-0.4, -0.2) is 59.6 Å². The molecule has 3 amide bonds. The highest BCUT2D eigenvalue weighted by Crippen LogP contribution is 2.42. The Morgan fingerprint density at radius 3 is 2.50 bits per heavy atom. The van der Waals surface area contributed by atoms with E-state index in [2.05, 4.69) is 17.9 Å². The van der Waals surface area contributed by atoms with Gasteiger partial charge in [0.05, 0.1) is 11.9 Å². The maximum Gasteiger partial charge on any atom is 0.324 e. The van der Waals surface area contributed by atoms with Gasteiger partial charge in [-0.3, -0.25) is 19.3 Å². The summed E-state index contributed by atoms with van der Waals surface area (Å²) in [7, 11) is 1.34. The summed E-state index contributed by atoms with van der Waals surface area (Å²) in [5, 5.41) is 2.52. The topological polar surface area (TPSA) is 105 Å². The fourth-order valence-electron chi connectivity index (χ4n) is 3.89. The molecule has 2 N–H and O–H groups in total. The quantitative estimate of drug-likeness (QED) is 0.171. The first-order valence-corrected chi connectivity index (χ1v) is 13.7. The first-order valence-electron chi connectivity index (χ1n) is 10.6. The van der Waals surface area contributed by atoms with Gasteiger partial charge in [-0.15, -0.1) is 0 Å². The van der Waals surface area contributed by atoms with E-state index in [1.807, 2.05) is 0 Å². The van der Waals surface area contributed by atoms with Crippen LogP contribution < -0.4 is 5.32 Å². The van der Waals surface area contributed by atoms with E-state index in [-0.39, 0.29) is 36.0 Å². The molecule has 1 aliphatic heterocycles. The zero-order valence-corrected chi connectivity index (χ0v) is 20.1. The fourth-order valence-corrected chi connectivity index (χ4v) is 4.88. The van der Waals surface area contributed by atoms with Crippen molar-refractivity contribution in [2.24, 2.45) is 11.8 Å². The number of hydrogen-bond donors (Lipinski definition) is 3. The summed E-state index contributed by atoms with van der Waals surface area (Å²) in [6.07, 6.45) is 7.05. The first kappa shape index (κ1) is 25.7. The van der Waals surface area contributed by atoms with Crippen molar-refractivity contribution in [3.63, 3.8) is 0 Å². The zero-order chi connectivity index (χ0) is 22.1. The molecule has 1 heterocycles. The number of unbranched alkanes of at least 4 members (excludes halogenated alkanes) is 3. The molecule has 0 aromatic heterocycles. The summed E-state index contributed by atoms with van der Waals surface area (Å²) in [4.78, 5) is 47.1. The Morgan fingerprint density at radius 2 is 1.90 bits per heavy atom.